The number of halogens is 3. The van der Waals surface area contributed by atoms with Crippen LogP contribution in [0.3, 0.4) is 0 Å². The molecule has 18 heavy (non-hydrogen) atoms. The van der Waals surface area contributed by atoms with E-state index in [9.17, 15) is 4.39 Å². The Labute approximate surface area is 115 Å². The van der Waals surface area contributed by atoms with E-state index in [4.69, 9.17) is 27.9 Å². The minimum absolute atomic E-state index is 0.288. The SMILES string of the molecule is Cc1cc(F)ccc1Oc1cc(Cl)ccc1CCl. The van der Waals surface area contributed by atoms with Crippen molar-refractivity contribution in [2.75, 3.05) is 0 Å². The molecule has 0 amide bonds. The smallest absolute Gasteiger partial charge is 0.133 e. The highest BCUT2D eigenvalue weighted by molar-refractivity contribution is 6.30. The van der Waals surface area contributed by atoms with Gasteiger partial charge in [-0.25, -0.2) is 4.39 Å². The molecule has 2 aromatic carbocycles. The number of alkyl halides is 1. The van der Waals surface area contributed by atoms with E-state index in [2.05, 4.69) is 0 Å². The van der Waals surface area contributed by atoms with Crippen LogP contribution in [0, 0.1) is 12.7 Å². The zero-order valence-electron chi connectivity index (χ0n) is 9.71. The molecule has 0 unspecified atom stereocenters. The lowest BCUT2D eigenvalue weighted by atomic mass is 10.2. The van der Waals surface area contributed by atoms with E-state index in [0.717, 1.165) is 11.1 Å². The number of rotatable bonds is 3. The molecular weight excluding hydrogens is 274 g/mol. The van der Waals surface area contributed by atoms with Crippen LogP contribution in [0.15, 0.2) is 36.4 Å². The quantitative estimate of drug-likeness (QED) is 0.693. The second-order valence-corrected chi connectivity index (χ2v) is 4.60. The monoisotopic (exact) mass is 284 g/mol. The summed E-state index contributed by atoms with van der Waals surface area (Å²) in [5.74, 6) is 1.22. The highest BCUT2D eigenvalue weighted by Crippen LogP contribution is 2.31. The first-order chi connectivity index (χ1) is 8.60. The van der Waals surface area contributed by atoms with Crippen LogP contribution >= 0.6 is 23.2 Å². The Morgan fingerprint density at radius 1 is 1.11 bits per heavy atom. The first kappa shape index (κ1) is 13.2. The summed E-state index contributed by atoms with van der Waals surface area (Å²) in [5.41, 5.74) is 1.56. The third-order valence-corrected chi connectivity index (χ3v) is 3.05. The van der Waals surface area contributed by atoms with Gasteiger partial charge in [0.2, 0.25) is 0 Å². The fourth-order valence-electron chi connectivity index (χ4n) is 1.58. The minimum Gasteiger partial charge on any atom is -0.457 e. The molecular formula is C14H11Cl2FO. The Balaban J connectivity index is 2.36. The lowest BCUT2D eigenvalue weighted by Gasteiger charge is -2.12. The summed E-state index contributed by atoms with van der Waals surface area (Å²) in [5, 5.41) is 0.568. The summed E-state index contributed by atoms with van der Waals surface area (Å²) < 4.78 is 18.7. The molecule has 0 saturated heterocycles. The third kappa shape index (κ3) is 2.95. The molecule has 1 nitrogen and oxygen atoms in total. The molecule has 0 aliphatic rings. The van der Waals surface area contributed by atoms with Crippen LogP contribution in [-0.2, 0) is 5.88 Å². The van der Waals surface area contributed by atoms with Crippen molar-refractivity contribution in [3.05, 3.63) is 58.4 Å². The summed E-state index contributed by atoms with van der Waals surface area (Å²) >= 11 is 11.8. The second kappa shape index (κ2) is 5.59. The Kier molecular flexibility index (Phi) is 4.10. The lowest BCUT2D eigenvalue weighted by molar-refractivity contribution is 0.472. The standard InChI is InChI=1S/C14H11Cl2FO/c1-9-6-12(17)4-5-13(9)18-14-7-11(16)3-2-10(14)8-15/h2-7H,8H2,1H3. The van der Waals surface area contributed by atoms with E-state index >= 15 is 0 Å². The molecule has 0 radical (unpaired) electrons. The van der Waals surface area contributed by atoms with Crippen LogP contribution in [0.5, 0.6) is 11.5 Å². The largest absolute Gasteiger partial charge is 0.457 e. The van der Waals surface area contributed by atoms with Crippen LogP contribution in [0.2, 0.25) is 5.02 Å². The van der Waals surface area contributed by atoms with Crippen LogP contribution in [0.1, 0.15) is 11.1 Å². The Morgan fingerprint density at radius 2 is 1.89 bits per heavy atom. The van der Waals surface area contributed by atoms with Gasteiger partial charge >= 0.3 is 0 Å². The zero-order chi connectivity index (χ0) is 13.1. The van der Waals surface area contributed by atoms with Gasteiger partial charge in [-0.3, -0.25) is 0 Å². The number of aryl methyl sites for hydroxylation is 1. The van der Waals surface area contributed by atoms with Gasteiger partial charge in [0.15, 0.2) is 0 Å². The summed E-state index contributed by atoms with van der Waals surface area (Å²) in [6.07, 6.45) is 0. The van der Waals surface area contributed by atoms with Crippen molar-refractivity contribution in [2.45, 2.75) is 12.8 Å². The maximum Gasteiger partial charge on any atom is 0.133 e. The highest BCUT2D eigenvalue weighted by atomic mass is 35.5. The van der Waals surface area contributed by atoms with E-state index in [1.165, 1.54) is 12.1 Å². The number of hydrogen-bond acceptors (Lipinski definition) is 1. The van der Waals surface area contributed by atoms with Crippen LogP contribution in [0.25, 0.3) is 0 Å². The van der Waals surface area contributed by atoms with Gasteiger partial charge in [-0.1, -0.05) is 17.7 Å². The second-order valence-electron chi connectivity index (χ2n) is 3.90. The molecule has 0 bridgehead atoms. The van der Waals surface area contributed by atoms with Crippen molar-refractivity contribution in [3.8, 4) is 11.5 Å². The third-order valence-electron chi connectivity index (χ3n) is 2.53. The van der Waals surface area contributed by atoms with Gasteiger partial charge in [-0.2, -0.15) is 0 Å². The van der Waals surface area contributed by atoms with E-state index in [1.54, 1.807) is 25.1 Å². The summed E-state index contributed by atoms with van der Waals surface area (Å²) in [6.45, 7) is 1.78. The molecule has 0 aliphatic carbocycles. The molecule has 94 valence electrons. The van der Waals surface area contributed by atoms with E-state index < -0.39 is 0 Å². The highest BCUT2D eigenvalue weighted by Gasteiger charge is 2.08. The van der Waals surface area contributed by atoms with Gasteiger partial charge < -0.3 is 4.74 Å². The number of hydrogen-bond donors (Lipinski definition) is 0. The van der Waals surface area contributed by atoms with Crippen LogP contribution in [0.4, 0.5) is 4.39 Å². The van der Waals surface area contributed by atoms with Crippen molar-refractivity contribution < 1.29 is 9.13 Å². The van der Waals surface area contributed by atoms with Gasteiger partial charge in [-0.15, -0.1) is 11.6 Å². The molecule has 4 heteroatoms. The fraction of sp³-hybridized carbons (Fsp3) is 0.143. The van der Waals surface area contributed by atoms with E-state index in [-0.39, 0.29) is 5.82 Å². The average molecular weight is 285 g/mol. The van der Waals surface area contributed by atoms with Crippen molar-refractivity contribution in [1.29, 1.82) is 0 Å². The van der Waals surface area contributed by atoms with Gasteiger partial charge in [0.1, 0.15) is 17.3 Å². The molecule has 0 spiro atoms. The van der Waals surface area contributed by atoms with Crippen LogP contribution < -0.4 is 4.74 Å². The van der Waals surface area contributed by atoms with Crippen molar-refractivity contribution in [2.24, 2.45) is 0 Å². The van der Waals surface area contributed by atoms with E-state index in [0.29, 0.717) is 22.4 Å². The van der Waals surface area contributed by atoms with Gasteiger partial charge in [0.25, 0.3) is 0 Å². The molecule has 0 atom stereocenters. The molecule has 2 aromatic rings. The van der Waals surface area contributed by atoms with Crippen molar-refractivity contribution in [3.63, 3.8) is 0 Å². The Hall–Kier alpha value is -1.25. The molecule has 0 fully saturated rings. The molecule has 2 rings (SSSR count). The predicted octanol–water partition coefficient (Wildman–Crippen LogP) is 5.32. The number of benzene rings is 2. The van der Waals surface area contributed by atoms with Gasteiger partial charge in [-0.05, 0) is 42.8 Å². The fourth-order valence-corrected chi connectivity index (χ4v) is 1.96. The van der Waals surface area contributed by atoms with Crippen LogP contribution in [-0.4, -0.2) is 0 Å². The first-order valence-electron chi connectivity index (χ1n) is 5.38. The topological polar surface area (TPSA) is 9.23 Å². The molecule has 0 heterocycles. The van der Waals surface area contributed by atoms with Gasteiger partial charge in [0.05, 0.1) is 5.88 Å². The van der Waals surface area contributed by atoms with E-state index in [1.807, 2.05) is 6.07 Å². The zero-order valence-corrected chi connectivity index (χ0v) is 11.2. The number of ether oxygens (including phenoxy) is 1. The summed E-state index contributed by atoms with van der Waals surface area (Å²) in [7, 11) is 0. The average Bonchev–Trinajstić information content (AvgIpc) is 2.33. The molecule has 0 N–H and O–H groups in total. The van der Waals surface area contributed by atoms with Crippen molar-refractivity contribution in [1.82, 2.24) is 0 Å². The molecule has 0 saturated carbocycles. The minimum atomic E-state index is -0.288. The Bertz CT molecular complexity index is 570. The Morgan fingerprint density at radius 3 is 2.56 bits per heavy atom. The first-order valence-corrected chi connectivity index (χ1v) is 6.30. The maximum absolute atomic E-state index is 13.0. The molecule has 0 aliphatic heterocycles. The summed E-state index contributed by atoms with van der Waals surface area (Å²) in [4.78, 5) is 0. The van der Waals surface area contributed by atoms with Crippen molar-refractivity contribution >= 4 is 23.2 Å². The maximum atomic E-state index is 13.0. The van der Waals surface area contributed by atoms with Gasteiger partial charge in [0, 0.05) is 10.6 Å². The summed E-state index contributed by atoms with van der Waals surface area (Å²) in [6, 6.07) is 9.62. The lowest BCUT2D eigenvalue weighted by Crippen LogP contribution is -1.92. The molecule has 0 aromatic heterocycles. The predicted molar refractivity (Wildman–Crippen MR) is 72.2 cm³/mol. The normalized spacial score (nSPS) is 10.4.